The molecular formula is C11H25N3. The first-order valence-electron chi connectivity index (χ1n) is 5.83. The van der Waals surface area contributed by atoms with E-state index in [2.05, 4.69) is 23.9 Å². The molecule has 84 valence electrons. The van der Waals surface area contributed by atoms with Crippen LogP contribution in [0, 0.1) is 0 Å². The topological polar surface area (TPSA) is 32.5 Å². The van der Waals surface area contributed by atoms with E-state index in [0.29, 0.717) is 0 Å². The number of hydrogen-bond acceptors (Lipinski definition) is 3. The van der Waals surface area contributed by atoms with Crippen LogP contribution in [0.5, 0.6) is 0 Å². The highest BCUT2D eigenvalue weighted by atomic mass is 15.2. The summed E-state index contributed by atoms with van der Waals surface area (Å²) < 4.78 is 0. The second-order valence-corrected chi connectivity index (χ2v) is 4.51. The number of hydrogen-bond donors (Lipinski definition) is 1. The van der Waals surface area contributed by atoms with Crippen molar-refractivity contribution in [3.8, 4) is 0 Å². The molecule has 0 radical (unpaired) electrons. The minimum Gasteiger partial charge on any atom is -0.330 e. The molecule has 1 atom stereocenters. The molecule has 1 aliphatic heterocycles. The Balaban J connectivity index is 2.27. The summed E-state index contributed by atoms with van der Waals surface area (Å²) in [6, 6.07) is 0.784. The Morgan fingerprint density at radius 2 is 2.14 bits per heavy atom. The van der Waals surface area contributed by atoms with Gasteiger partial charge in [0.15, 0.2) is 0 Å². The van der Waals surface area contributed by atoms with E-state index in [0.717, 1.165) is 25.6 Å². The fraction of sp³-hybridized carbons (Fsp3) is 1.00. The average molecular weight is 199 g/mol. The predicted molar refractivity (Wildman–Crippen MR) is 61.4 cm³/mol. The highest BCUT2D eigenvalue weighted by Crippen LogP contribution is 2.14. The molecule has 0 aromatic carbocycles. The van der Waals surface area contributed by atoms with E-state index in [1.165, 1.54) is 32.4 Å². The summed E-state index contributed by atoms with van der Waals surface area (Å²) in [4.78, 5) is 4.93. The van der Waals surface area contributed by atoms with Gasteiger partial charge in [-0.05, 0) is 66.0 Å². The summed E-state index contributed by atoms with van der Waals surface area (Å²) in [7, 11) is 4.47. The smallest absolute Gasteiger partial charge is 0.0105 e. The third kappa shape index (κ3) is 3.95. The highest BCUT2D eigenvalue weighted by Gasteiger charge is 2.17. The number of nitrogens with zero attached hydrogens (tertiary/aromatic N) is 2. The van der Waals surface area contributed by atoms with Gasteiger partial charge >= 0.3 is 0 Å². The quantitative estimate of drug-likeness (QED) is 0.725. The van der Waals surface area contributed by atoms with E-state index < -0.39 is 0 Å². The minimum atomic E-state index is 0.784. The molecule has 0 bridgehead atoms. The molecule has 3 heteroatoms. The Kier molecular flexibility index (Phi) is 5.45. The third-order valence-electron chi connectivity index (χ3n) is 3.26. The standard InChI is InChI=1S/C11H25N3/c1-13-8-3-5-11(6-10-13)14(2)9-4-7-12/h11H,3-10,12H2,1-2H3. The van der Waals surface area contributed by atoms with Gasteiger partial charge in [-0.2, -0.15) is 0 Å². The molecule has 0 aromatic rings. The first kappa shape index (κ1) is 12.0. The van der Waals surface area contributed by atoms with Gasteiger partial charge in [-0.3, -0.25) is 0 Å². The Morgan fingerprint density at radius 3 is 2.86 bits per heavy atom. The van der Waals surface area contributed by atoms with Crippen LogP contribution in [-0.4, -0.2) is 56.1 Å². The molecule has 3 nitrogen and oxygen atoms in total. The molecule has 14 heavy (non-hydrogen) atoms. The van der Waals surface area contributed by atoms with Gasteiger partial charge in [0.1, 0.15) is 0 Å². The van der Waals surface area contributed by atoms with Crippen molar-refractivity contribution < 1.29 is 0 Å². The van der Waals surface area contributed by atoms with Gasteiger partial charge in [0.25, 0.3) is 0 Å². The van der Waals surface area contributed by atoms with Gasteiger partial charge in [-0.25, -0.2) is 0 Å². The van der Waals surface area contributed by atoms with Crippen molar-refractivity contribution in [2.24, 2.45) is 5.73 Å². The van der Waals surface area contributed by atoms with E-state index in [-0.39, 0.29) is 0 Å². The Bertz CT molecular complexity index is 149. The molecule has 1 rings (SSSR count). The lowest BCUT2D eigenvalue weighted by molar-refractivity contribution is 0.218. The van der Waals surface area contributed by atoms with Gasteiger partial charge < -0.3 is 15.5 Å². The molecule has 0 spiro atoms. The maximum atomic E-state index is 5.52. The van der Waals surface area contributed by atoms with Gasteiger partial charge in [-0.15, -0.1) is 0 Å². The number of nitrogens with two attached hydrogens (primary N) is 1. The fourth-order valence-corrected chi connectivity index (χ4v) is 2.19. The van der Waals surface area contributed by atoms with Crippen LogP contribution in [0.2, 0.25) is 0 Å². The van der Waals surface area contributed by atoms with Gasteiger partial charge in [0.05, 0.1) is 0 Å². The van der Waals surface area contributed by atoms with Crippen molar-refractivity contribution in [1.82, 2.24) is 9.80 Å². The highest BCUT2D eigenvalue weighted by molar-refractivity contribution is 4.74. The lowest BCUT2D eigenvalue weighted by Gasteiger charge is -2.26. The van der Waals surface area contributed by atoms with Crippen LogP contribution in [0.15, 0.2) is 0 Å². The van der Waals surface area contributed by atoms with E-state index in [1.54, 1.807) is 0 Å². The van der Waals surface area contributed by atoms with Crippen LogP contribution in [0.3, 0.4) is 0 Å². The molecule has 0 amide bonds. The molecule has 1 heterocycles. The van der Waals surface area contributed by atoms with Crippen molar-refractivity contribution in [2.45, 2.75) is 31.7 Å². The predicted octanol–water partition coefficient (Wildman–Crippen LogP) is 0.751. The summed E-state index contributed by atoms with van der Waals surface area (Å²) in [5.41, 5.74) is 5.52. The molecular weight excluding hydrogens is 174 g/mol. The average Bonchev–Trinajstić information content (AvgIpc) is 2.39. The number of likely N-dealkylation sites (tertiary alicyclic amines) is 1. The molecule has 0 aliphatic carbocycles. The second kappa shape index (κ2) is 6.38. The van der Waals surface area contributed by atoms with Crippen LogP contribution in [-0.2, 0) is 0 Å². The summed E-state index contributed by atoms with van der Waals surface area (Å²) in [5.74, 6) is 0. The number of rotatable bonds is 4. The fourth-order valence-electron chi connectivity index (χ4n) is 2.19. The van der Waals surface area contributed by atoms with Crippen molar-refractivity contribution in [2.75, 3.05) is 40.3 Å². The van der Waals surface area contributed by atoms with Gasteiger partial charge in [0.2, 0.25) is 0 Å². The first-order chi connectivity index (χ1) is 6.74. The zero-order valence-electron chi connectivity index (χ0n) is 9.71. The lowest BCUT2D eigenvalue weighted by Crippen LogP contribution is -2.34. The van der Waals surface area contributed by atoms with Crippen LogP contribution in [0.1, 0.15) is 25.7 Å². The van der Waals surface area contributed by atoms with Crippen molar-refractivity contribution in [3.63, 3.8) is 0 Å². The van der Waals surface area contributed by atoms with E-state index >= 15 is 0 Å². The molecule has 2 N–H and O–H groups in total. The largest absolute Gasteiger partial charge is 0.330 e. The Labute approximate surface area is 88.2 Å². The molecule has 1 aliphatic rings. The van der Waals surface area contributed by atoms with E-state index in [9.17, 15) is 0 Å². The zero-order valence-corrected chi connectivity index (χ0v) is 9.71. The normalized spacial score (nSPS) is 25.3. The Hall–Kier alpha value is -0.120. The minimum absolute atomic E-state index is 0.784. The van der Waals surface area contributed by atoms with Gasteiger partial charge in [0, 0.05) is 6.04 Å². The van der Waals surface area contributed by atoms with Crippen LogP contribution < -0.4 is 5.73 Å². The first-order valence-corrected chi connectivity index (χ1v) is 5.83. The summed E-state index contributed by atoms with van der Waals surface area (Å²) in [6.45, 7) is 4.49. The van der Waals surface area contributed by atoms with Crippen LogP contribution in [0.4, 0.5) is 0 Å². The third-order valence-corrected chi connectivity index (χ3v) is 3.26. The van der Waals surface area contributed by atoms with Crippen LogP contribution >= 0.6 is 0 Å². The molecule has 0 saturated carbocycles. The SMILES string of the molecule is CN1CCCC(N(C)CCCN)CC1. The van der Waals surface area contributed by atoms with Crippen molar-refractivity contribution in [1.29, 1.82) is 0 Å². The Morgan fingerprint density at radius 1 is 1.36 bits per heavy atom. The van der Waals surface area contributed by atoms with Crippen molar-refractivity contribution >= 4 is 0 Å². The van der Waals surface area contributed by atoms with Crippen molar-refractivity contribution in [3.05, 3.63) is 0 Å². The maximum Gasteiger partial charge on any atom is 0.0105 e. The van der Waals surface area contributed by atoms with E-state index in [4.69, 9.17) is 5.73 Å². The molecule has 1 saturated heterocycles. The zero-order chi connectivity index (χ0) is 10.4. The molecule has 1 unspecified atom stereocenters. The molecule has 1 fully saturated rings. The van der Waals surface area contributed by atoms with E-state index in [1.807, 2.05) is 0 Å². The second-order valence-electron chi connectivity index (χ2n) is 4.51. The summed E-state index contributed by atoms with van der Waals surface area (Å²) >= 11 is 0. The maximum absolute atomic E-state index is 5.52. The van der Waals surface area contributed by atoms with Gasteiger partial charge in [-0.1, -0.05) is 0 Å². The monoisotopic (exact) mass is 199 g/mol. The summed E-state index contributed by atoms with van der Waals surface area (Å²) in [5, 5.41) is 0. The lowest BCUT2D eigenvalue weighted by atomic mass is 10.1. The molecule has 0 aromatic heterocycles. The summed E-state index contributed by atoms with van der Waals surface area (Å²) in [6.07, 6.45) is 5.14. The van der Waals surface area contributed by atoms with Crippen LogP contribution in [0.25, 0.3) is 0 Å².